The lowest BCUT2D eigenvalue weighted by atomic mass is 10.0. The molecule has 5 aromatic rings. The highest BCUT2D eigenvalue weighted by Gasteiger charge is 2.19. The third-order valence-corrected chi connectivity index (χ3v) is 6.16. The predicted molar refractivity (Wildman–Crippen MR) is 148 cm³/mol. The molecule has 0 unspecified atom stereocenters. The normalized spacial score (nSPS) is 11.7. The van der Waals surface area contributed by atoms with Crippen LogP contribution >= 0.6 is 0 Å². The third kappa shape index (κ3) is 5.74. The SMILES string of the molecule is CN(Cc1ccccc1)Cc1ccc(N=C(c2ccccc2)c2c(O)[nH]c3ccc(OC(=O)O)cc23)cc1. The minimum absolute atomic E-state index is 0.0609. The smallest absolute Gasteiger partial charge is 0.494 e. The summed E-state index contributed by atoms with van der Waals surface area (Å²) in [5.41, 5.74) is 5.61. The topological polar surface area (TPSA) is 98.1 Å². The second-order valence-corrected chi connectivity index (χ2v) is 9.07. The highest BCUT2D eigenvalue weighted by Crippen LogP contribution is 2.33. The monoisotopic (exact) mass is 505 g/mol. The van der Waals surface area contributed by atoms with Gasteiger partial charge in [-0.05, 0) is 48.5 Å². The second-order valence-electron chi connectivity index (χ2n) is 9.07. The van der Waals surface area contributed by atoms with E-state index in [1.165, 1.54) is 11.6 Å². The van der Waals surface area contributed by atoms with Crippen molar-refractivity contribution in [1.82, 2.24) is 9.88 Å². The Hall–Kier alpha value is -4.88. The summed E-state index contributed by atoms with van der Waals surface area (Å²) in [5, 5.41) is 20.5. The van der Waals surface area contributed by atoms with Crippen LogP contribution in [0.3, 0.4) is 0 Å². The molecule has 3 N–H and O–H groups in total. The fourth-order valence-electron chi connectivity index (χ4n) is 4.49. The minimum Gasteiger partial charge on any atom is -0.494 e. The van der Waals surface area contributed by atoms with Crippen molar-refractivity contribution < 1.29 is 19.7 Å². The molecule has 0 saturated carbocycles. The van der Waals surface area contributed by atoms with Gasteiger partial charge in [0.15, 0.2) is 5.88 Å². The van der Waals surface area contributed by atoms with E-state index in [1.807, 2.05) is 60.7 Å². The third-order valence-electron chi connectivity index (χ3n) is 6.16. The number of aromatic nitrogens is 1. The maximum Gasteiger partial charge on any atom is 0.511 e. The zero-order chi connectivity index (χ0) is 26.5. The number of carboxylic acid groups (broad SMARTS) is 1. The summed E-state index contributed by atoms with van der Waals surface area (Å²) < 4.78 is 4.85. The lowest BCUT2D eigenvalue weighted by molar-refractivity contribution is 0.144. The van der Waals surface area contributed by atoms with Crippen LogP contribution in [0.5, 0.6) is 11.6 Å². The van der Waals surface area contributed by atoms with Gasteiger partial charge in [-0.1, -0.05) is 72.8 Å². The highest BCUT2D eigenvalue weighted by atomic mass is 16.7. The largest absolute Gasteiger partial charge is 0.511 e. The molecular weight excluding hydrogens is 478 g/mol. The van der Waals surface area contributed by atoms with E-state index < -0.39 is 6.16 Å². The van der Waals surface area contributed by atoms with Gasteiger partial charge in [-0.2, -0.15) is 0 Å². The molecule has 1 heterocycles. The molecular formula is C31H27N3O4. The molecule has 0 radical (unpaired) electrons. The van der Waals surface area contributed by atoms with Crippen molar-refractivity contribution in [3.05, 3.63) is 125 Å². The van der Waals surface area contributed by atoms with Crippen LogP contribution in [0.1, 0.15) is 22.3 Å². The first-order valence-electron chi connectivity index (χ1n) is 12.2. The highest BCUT2D eigenvalue weighted by molar-refractivity contribution is 6.22. The number of aliphatic imine (C=N–C) groups is 1. The maximum absolute atomic E-state index is 11.1. The van der Waals surface area contributed by atoms with Crippen LogP contribution < -0.4 is 4.74 Å². The quantitative estimate of drug-likeness (QED) is 0.123. The summed E-state index contributed by atoms with van der Waals surface area (Å²) in [6.07, 6.45) is -1.41. The van der Waals surface area contributed by atoms with Gasteiger partial charge in [0.2, 0.25) is 0 Å². The second kappa shape index (κ2) is 11.0. The Kier molecular flexibility index (Phi) is 7.19. The summed E-state index contributed by atoms with van der Waals surface area (Å²) >= 11 is 0. The van der Waals surface area contributed by atoms with Crippen molar-refractivity contribution >= 4 is 28.5 Å². The van der Waals surface area contributed by atoms with Gasteiger partial charge in [-0.3, -0.25) is 4.90 Å². The number of rotatable bonds is 8. The van der Waals surface area contributed by atoms with Gasteiger partial charge in [0.25, 0.3) is 0 Å². The van der Waals surface area contributed by atoms with E-state index in [0.29, 0.717) is 22.2 Å². The van der Waals surface area contributed by atoms with Gasteiger partial charge < -0.3 is 19.9 Å². The Morgan fingerprint density at radius 3 is 2.16 bits per heavy atom. The Morgan fingerprint density at radius 2 is 1.50 bits per heavy atom. The lowest BCUT2D eigenvalue weighted by Crippen LogP contribution is -2.17. The van der Waals surface area contributed by atoms with Crippen LogP contribution in [0.2, 0.25) is 0 Å². The van der Waals surface area contributed by atoms with Crippen LogP contribution in [0.4, 0.5) is 10.5 Å². The average molecular weight is 506 g/mol. The molecule has 0 aliphatic rings. The van der Waals surface area contributed by atoms with Crippen molar-refractivity contribution in [2.75, 3.05) is 7.05 Å². The first-order valence-corrected chi connectivity index (χ1v) is 12.2. The zero-order valence-electron chi connectivity index (χ0n) is 20.8. The molecule has 0 aliphatic carbocycles. The summed E-state index contributed by atoms with van der Waals surface area (Å²) in [6, 6.07) is 32.7. The van der Waals surface area contributed by atoms with Crippen LogP contribution in [-0.2, 0) is 13.1 Å². The first-order chi connectivity index (χ1) is 18.5. The molecule has 0 atom stereocenters. The molecule has 4 aromatic carbocycles. The first kappa shape index (κ1) is 24.8. The Balaban J connectivity index is 1.48. The van der Waals surface area contributed by atoms with Crippen molar-refractivity contribution in [2.24, 2.45) is 4.99 Å². The number of nitrogens with zero attached hydrogens (tertiary/aromatic N) is 2. The van der Waals surface area contributed by atoms with E-state index in [-0.39, 0.29) is 11.6 Å². The number of carbonyl (C=O) groups is 1. The molecule has 0 spiro atoms. The number of aromatic amines is 1. The van der Waals surface area contributed by atoms with Gasteiger partial charge in [-0.15, -0.1) is 0 Å². The molecule has 0 saturated heterocycles. The molecule has 7 heteroatoms. The van der Waals surface area contributed by atoms with E-state index in [0.717, 1.165) is 29.9 Å². The van der Waals surface area contributed by atoms with Crippen molar-refractivity contribution in [3.63, 3.8) is 0 Å². The Labute approximate surface area is 220 Å². The number of nitrogens with one attached hydrogen (secondary N) is 1. The van der Waals surface area contributed by atoms with Crippen LogP contribution in [-0.4, -0.2) is 39.0 Å². The van der Waals surface area contributed by atoms with Gasteiger partial charge in [0.05, 0.1) is 17.0 Å². The van der Waals surface area contributed by atoms with Gasteiger partial charge in [0, 0.05) is 29.6 Å². The lowest BCUT2D eigenvalue weighted by Gasteiger charge is -2.17. The van der Waals surface area contributed by atoms with Crippen molar-refractivity contribution in [1.29, 1.82) is 0 Å². The summed E-state index contributed by atoms with van der Waals surface area (Å²) in [4.78, 5) is 21.2. The van der Waals surface area contributed by atoms with E-state index in [1.54, 1.807) is 12.1 Å². The van der Waals surface area contributed by atoms with Crippen LogP contribution in [0.15, 0.2) is 108 Å². The van der Waals surface area contributed by atoms with Gasteiger partial charge in [0.1, 0.15) is 5.75 Å². The van der Waals surface area contributed by atoms with Gasteiger partial charge in [-0.25, -0.2) is 9.79 Å². The Bertz CT molecular complexity index is 1580. The minimum atomic E-state index is -1.41. The summed E-state index contributed by atoms with van der Waals surface area (Å²) in [5.74, 6) is 0.0934. The number of benzene rings is 4. The van der Waals surface area contributed by atoms with Crippen molar-refractivity contribution in [3.8, 4) is 11.6 Å². The molecule has 5 rings (SSSR count). The van der Waals surface area contributed by atoms with E-state index in [9.17, 15) is 9.90 Å². The molecule has 0 fully saturated rings. The molecule has 0 amide bonds. The molecule has 7 nitrogen and oxygen atoms in total. The molecule has 190 valence electrons. The zero-order valence-corrected chi connectivity index (χ0v) is 20.8. The number of aromatic hydroxyl groups is 1. The van der Waals surface area contributed by atoms with Crippen LogP contribution in [0.25, 0.3) is 10.9 Å². The fourth-order valence-corrected chi connectivity index (χ4v) is 4.49. The average Bonchev–Trinajstić information content (AvgIpc) is 3.23. The van der Waals surface area contributed by atoms with Crippen molar-refractivity contribution in [2.45, 2.75) is 13.1 Å². The predicted octanol–water partition coefficient (Wildman–Crippen LogP) is 6.73. The number of ether oxygens (including phenoxy) is 1. The van der Waals surface area contributed by atoms with Crippen LogP contribution in [0, 0.1) is 0 Å². The number of hydrogen-bond acceptors (Lipinski definition) is 5. The van der Waals surface area contributed by atoms with E-state index in [2.05, 4.69) is 41.2 Å². The van der Waals surface area contributed by atoms with E-state index >= 15 is 0 Å². The van der Waals surface area contributed by atoms with Gasteiger partial charge >= 0.3 is 6.16 Å². The fraction of sp³-hybridized carbons (Fsp3) is 0.0968. The number of fused-ring (bicyclic) bond motifs is 1. The summed E-state index contributed by atoms with van der Waals surface area (Å²) in [6.45, 7) is 1.65. The molecule has 0 bridgehead atoms. The standard InChI is InChI=1S/C31H27N3O4/c1-34(19-21-8-4-2-5-9-21)20-22-12-14-24(15-13-22)32-29(23-10-6-3-7-11-23)28-26-18-25(38-31(36)37)16-17-27(26)33-30(28)35/h2-18,33,35H,19-20H2,1H3,(H,36,37). The number of H-pyrrole nitrogens is 1. The molecule has 38 heavy (non-hydrogen) atoms. The number of hydrogen-bond donors (Lipinski definition) is 3. The van der Waals surface area contributed by atoms with E-state index in [4.69, 9.17) is 14.8 Å². The summed E-state index contributed by atoms with van der Waals surface area (Å²) in [7, 11) is 2.09. The molecule has 0 aliphatic heterocycles. The Morgan fingerprint density at radius 1 is 0.868 bits per heavy atom. The maximum atomic E-state index is 11.1. The molecule has 1 aromatic heterocycles.